The summed E-state index contributed by atoms with van der Waals surface area (Å²) in [5.41, 5.74) is 1.49. The van der Waals surface area contributed by atoms with Crippen LogP contribution in [0, 0.1) is 25.5 Å². The first-order valence-electron chi connectivity index (χ1n) is 6.14. The van der Waals surface area contributed by atoms with Crippen LogP contribution in [0.25, 0.3) is 5.69 Å². The van der Waals surface area contributed by atoms with Crippen LogP contribution in [0.15, 0.2) is 12.1 Å². The standard InChI is InChI=1S/C14H14F2N2O2/c1-4-10-7(2)17-18(8(10)3)13-11(15)5-9(14(19)20)6-12(13)16/h5-6H,4H2,1-3H3,(H,19,20). The summed E-state index contributed by atoms with van der Waals surface area (Å²) >= 11 is 0. The van der Waals surface area contributed by atoms with Gasteiger partial charge in [0.1, 0.15) is 5.69 Å². The van der Waals surface area contributed by atoms with Crippen LogP contribution in [-0.2, 0) is 6.42 Å². The summed E-state index contributed by atoms with van der Waals surface area (Å²) < 4.78 is 29.2. The molecule has 0 aliphatic carbocycles. The molecule has 2 rings (SSSR count). The topological polar surface area (TPSA) is 55.1 Å². The Morgan fingerprint density at radius 3 is 2.25 bits per heavy atom. The Morgan fingerprint density at radius 1 is 1.30 bits per heavy atom. The van der Waals surface area contributed by atoms with Crippen molar-refractivity contribution < 1.29 is 18.7 Å². The van der Waals surface area contributed by atoms with Gasteiger partial charge < -0.3 is 5.11 Å². The zero-order valence-corrected chi connectivity index (χ0v) is 11.4. The van der Waals surface area contributed by atoms with Crippen LogP contribution in [0.2, 0.25) is 0 Å². The third kappa shape index (κ3) is 2.17. The first kappa shape index (κ1) is 14.2. The number of carbonyl (C=O) groups is 1. The van der Waals surface area contributed by atoms with Gasteiger partial charge in [0.15, 0.2) is 11.6 Å². The highest BCUT2D eigenvalue weighted by Gasteiger charge is 2.20. The molecular formula is C14H14F2N2O2. The highest BCUT2D eigenvalue weighted by molar-refractivity contribution is 5.87. The van der Waals surface area contributed by atoms with Crippen molar-refractivity contribution >= 4 is 5.97 Å². The third-order valence-corrected chi connectivity index (χ3v) is 3.27. The van der Waals surface area contributed by atoms with E-state index in [9.17, 15) is 13.6 Å². The number of aromatic carboxylic acids is 1. The van der Waals surface area contributed by atoms with E-state index in [0.717, 1.165) is 17.7 Å². The van der Waals surface area contributed by atoms with Gasteiger partial charge in [-0.3, -0.25) is 0 Å². The van der Waals surface area contributed by atoms with Crippen molar-refractivity contribution in [2.75, 3.05) is 0 Å². The van der Waals surface area contributed by atoms with E-state index in [1.54, 1.807) is 13.8 Å². The SMILES string of the molecule is CCc1c(C)nn(-c2c(F)cc(C(=O)O)cc2F)c1C. The molecule has 0 aliphatic rings. The van der Waals surface area contributed by atoms with E-state index >= 15 is 0 Å². The van der Waals surface area contributed by atoms with Gasteiger partial charge in [-0.2, -0.15) is 5.10 Å². The smallest absolute Gasteiger partial charge is 0.335 e. The Kier molecular flexibility index (Phi) is 3.57. The van der Waals surface area contributed by atoms with Crippen molar-refractivity contribution in [3.63, 3.8) is 0 Å². The van der Waals surface area contributed by atoms with Crippen molar-refractivity contribution in [1.29, 1.82) is 0 Å². The number of rotatable bonds is 3. The molecule has 2 aromatic rings. The fourth-order valence-corrected chi connectivity index (χ4v) is 2.30. The Hall–Kier alpha value is -2.24. The fraction of sp³-hybridized carbons (Fsp3) is 0.286. The molecule has 1 aromatic heterocycles. The highest BCUT2D eigenvalue weighted by Crippen LogP contribution is 2.24. The van der Waals surface area contributed by atoms with Crippen LogP contribution < -0.4 is 0 Å². The molecule has 106 valence electrons. The number of aryl methyl sites for hydroxylation is 1. The lowest BCUT2D eigenvalue weighted by atomic mass is 10.1. The van der Waals surface area contributed by atoms with Crippen molar-refractivity contribution in [1.82, 2.24) is 9.78 Å². The minimum atomic E-state index is -1.38. The molecule has 0 saturated carbocycles. The normalized spacial score (nSPS) is 10.8. The van der Waals surface area contributed by atoms with Crippen molar-refractivity contribution in [2.45, 2.75) is 27.2 Å². The van der Waals surface area contributed by atoms with E-state index in [-0.39, 0.29) is 5.69 Å². The number of nitrogens with zero attached hydrogens (tertiary/aromatic N) is 2. The average molecular weight is 280 g/mol. The van der Waals surface area contributed by atoms with Crippen LogP contribution >= 0.6 is 0 Å². The zero-order valence-electron chi connectivity index (χ0n) is 11.4. The largest absolute Gasteiger partial charge is 0.478 e. The predicted molar refractivity (Wildman–Crippen MR) is 69.3 cm³/mol. The Bertz CT molecular complexity index is 670. The number of benzene rings is 1. The second kappa shape index (κ2) is 5.03. The average Bonchev–Trinajstić information content (AvgIpc) is 2.63. The monoisotopic (exact) mass is 280 g/mol. The Morgan fingerprint density at radius 2 is 1.85 bits per heavy atom. The molecule has 0 radical (unpaired) electrons. The van der Waals surface area contributed by atoms with Gasteiger partial charge in [0.05, 0.1) is 11.3 Å². The van der Waals surface area contributed by atoms with Gasteiger partial charge in [-0.15, -0.1) is 0 Å². The van der Waals surface area contributed by atoms with Gasteiger partial charge in [0.25, 0.3) is 0 Å². The van der Waals surface area contributed by atoms with E-state index in [0.29, 0.717) is 17.8 Å². The number of hydrogen-bond acceptors (Lipinski definition) is 2. The van der Waals surface area contributed by atoms with E-state index in [2.05, 4.69) is 5.10 Å². The zero-order chi connectivity index (χ0) is 15.0. The second-order valence-electron chi connectivity index (χ2n) is 4.51. The Labute approximate surface area is 114 Å². The summed E-state index contributed by atoms with van der Waals surface area (Å²) in [6.07, 6.45) is 0.702. The number of carboxylic acids is 1. The molecule has 1 N–H and O–H groups in total. The molecule has 1 heterocycles. The van der Waals surface area contributed by atoms with Crippen LogP contribution in [0.1, 0.15) is 34.2 Å². The number of aromatic nitrogens is 2. The summed E-state index contributed by atoms with van der Waals surface area (Å²) in [5.74, 6) is -3.27. The third-order valence-electron chi connectivity index (χ3n) is 3.27. The minimum Gasteiger partial charge on any atom is -0.478 e. The van der Waals surface area contributed by atoms with E-state index in [4.69, 9.17) is 5.11 Å². The summed E-state index contributed by atoms with van der Waals surface area (Å²) in [4.78, 5) is 10.8. The van der Waals surface area contributed by atoms with E-state index < -0.39 is 23.2 Å². The van der Waals surface area contributed by atoms with Crippen LogP contribution in [0.3, 0.4) is 0 Å². The van der Waals surface area contributed by atoms with Gasteiger partial charge in [0.2, 0.25) is 0 Å². The van der Waals surface area contributed by atoms with Gasteiger partial charge in [0, 0.05) is 5.69 Å². The molecule has 0 atom stereocenters. The predicted octanol–water partition coefficient (Wildman–Crippen LogP) is 3.03. The first-order valence-corrected chi connectivity index (χ1v) is 6.14. The molecule has 0 bridgehead atoms. The van der Waals surface area contributed by atoms with Crippen LogP contribution in [-0.4, -0.2) is 20.9 Å². The second-order valence-corrected chi connectivity index (χ2v) is 4.51. The Balaban J connectivity index is 2.68. The van der Waals surface area contributed by atoms with Crippen LogP contribution in [0.4, 0.5) is 8.78 Å². The maximum absolute atomic E-state index is 14.0. The fourth-order valence-electron chi connectivity index (χ4n) is 2.30. The summed E-state index contributed by atoms with van der Waals surface area (Å²) in [5, 5.41) is 12.9. The lowest BCUT2D eigenvalue weighted by molar-refractivity contribution is 0.0695. The van der Waals surface area contributed by atoms with Gasteiger partial charge in [-0.1, -0.05) is 6.92 Å². The summed E-state index contributed by atoms with van der Waals surface area (Å²) in [6.45, 7) is 5.42. The van der Waals surface area contributed by atoms with Gasteiger partial charge >= 0.3 is 5.97 Å². The number of hydrogen-bond donors (Lipinski definition) is 1. The summed E-state index contributed by atoms with van der Waals surface area (Å²) in [7, 11) is 0. The van der Waals surface area contributed by atoms with Crippen LogP contribution in [0.5, 0.6) is 0 Å². The highest BCUT2D eigenvalue weighted by atomic mass is 19.1. The van der Waals surface area contributed by atoms with E-state index in [1.165, 1.54) is 4.68 Å². The lowest BCUT2D eigenvalue weighted by Gasteiger charge is -2.09. The lowest BCUT2D eigenvalue weighted by Crippen LogP contribution is -2.08. The summed E-state index contributed by atoms with van der Waals surface area (Å²) in [6, 6.07) is 1.59. The van der Waals surface area contributed by atoms with E-state index in [1.807, 2.05) is 6.92 Å². The molecule has 0 amide bonds. The minimum absolute atomic E-state index is 0.352. The molecule has 0 spiro atoms. The van der Waals surface area contributed by atoms with Crippen molar-refractivity contribution in [3.05, 3.63) is 46.3 Å². The quantitative estimate of drug-likeness (QED) is 0.940. The molecule has 1 aromatic carbocycles. The molecule has 0 unspecified atom stereocenters. The maximum atomic E-state index is 14.0. The molecular weight excluding hydrogens is 266 g/mol. The molecule has 0 aliphatic heterocycles. The number of halogens is 2. The van der Waals surface area contributed by atoms with Crippen molar-refractivity contribution in [2.24, 2.45) is 0 Å². The number of carboxylic acid groups (broad SMARTS) is 1. The van der Waals surface area contributed by atoms with Crippen molar-refractivity contribution in [3.8, 4) is 5.69 Å². The maximum Gasteiger partial charge on any atom is 0.335 e. The molecule has 0 fully saturated rings. The molecule has 0 saturated heterocycles. The first-order chi connectivity index (χ1) is 9.36. The molecule has 4 nitrogen and oxygen atoms in total. The molecule has 6 heteroatoms. The van der Waals surface area contributed by atoms with Gasteiger partial charge in [-0.05, 0) is 38.0 Å². The van der Waals surface area contributed by atoms with Gasteiger partial charge in [-0.25, -0.2) is 18.3 Å². The molecule has 20 heavy (non-hydrogen) atoms.